The minimum Gasteiger partial charge on any atom is -0.480 e. The summed E-state index contributed by atoms with van der Waals surface area (Å²) in [6.07, 6.45) is -1.22. The Labute approximate surface area is 179 Å². The third kappa shape index (κ3) is 4.25. The zero-order chi connectivity index (χ0) is 22.0. The molecule has 1 aliphatic heterocycles. The minimum atomic E-state index is -1.36. The van der Waals surface area contributed by atoms with E-state index >= 15 is 0 Å². The van der Waals surface area contributed by atoms with Gasteiger partial charge in [-0.25, -0.2) is 9.59 Å². The van der Waals surface area contributed by atoms with Crippen LogP contribution in [0.15, 0.2) is 48.5 Å². The molecule has 0 radical (unpaired) electrons. The second-order valence-electron chi connectivity index (χ2n) is 7.72. The number of carboxylic acid groups (broad SMARTS) is 1. The lowest BCUT2D eigenvalue weighted by Crippen LogP contribution is -2.56. The highest BCUT2D eigenvalue weighted by atomic mass is 16.5. The second-order valence-corrected chi connectivity index (χ2v) is 7.72. The summed E-state index contributed by atoms with van der Waals surface area (Å²) in [5.74, 6) is -1.76. The van der Waals surface area contributed by atoms with Crippen LogP contribution in [-0.4, -0.2) is 66.9 Å². The lowest BCUT2D eigenvalue weighted by molar-refractivity contribution is -0.148. The number of likely N-dealkylation sites (tertiary alicyclic amines) is 1. The Balaban J connectivity index is 1.36. The lowest BCUT2D eigenvalue weighted by Gasteiger charge is -2.38. The van der Waals surface area contributed by atoms with Crippen LogP contribution in [0.25, 0.3) is 11.1 Å². The van der Waals surface area contributed by atoms with Crippen LogP contribution < -0.4 is 5.32 Å². The average Bonchev–Trinajstić information content (AvgIpc) is 3.05. The molecule has 8 nitrogen and oxygen atoms in total. The number of amides is 2. The van der Waals surface area contributed by atoms with Crippen LogP contribution in [0, 0.1) is 0 Å². The maximum absolute atomic E-state index is 12.3. The molecule has 1 fully saturated rings. The summed E-state index contributed by atoms with van der Waals surface area (Å²) in [5.41, 5.74) is 4.33. The van der Waals surface area contributed by atoms with Gasteiger partial charge in [-0.2, -0.15) is 0 Å². The fourth-order valence-corrected chi connectivity index (χ4v) is 4.08. The first-order chi connectivity index (χ1) is 15.0. The number of fused-ring (bicyclic) bond motifs is 3. The van der Waals surface area contributed by atoms with E-state index in [2.05, 4.69) is 5.32 Å². The second kappa shape index (κ2) is 8.77. The smallest absolute Gasteiger partial charge is 0.407 e. The summed E-state index contributed by atoms with van der Waals surface area (Å²) >= 11 is 0. The molecule has 0 saturated carbocycles. The van der Waals surface area contributed by atoms with E-state index in [4.69, 9.17) is 9.47 Å². The molecule has 2 aliphatic rings. The quantitative estimate of drug-likeness (QED) is 0.706. The molecule has 0 spiro atoms. The van der Waals surface area contributed by atoms with Crippen molar-refractivity contribution < 1.29 is 29.0 Å². The van der Waals surface area contributed by atoms with Crippen LogP contribution >= 0.6 is 0 Å². The minimum absolute atomic E-state index is 0.0256. The molecule has 0 unspecified atom stereocenters. The van der Waals surface area contributed by atoms with Gasteiger partial charge in [0, 0.05) is 26.1 Å². The molecule has 0 bridgehead atoms. The molecule has 1 saturated heterocycles. The first-order valence-electron chi connectivity index (χ1n) is 10.1. The largest absolute Gasteiger partial charge is 0.480 e. The summed E-state index contributed by atoms with van der Waals surface area (Å²) in [4.78, 5) is 37.6. The first kappa shape index (κ1) is 20.9. The highest BCUT2D eigenvalue weighted by Gasteiger charge is 2.34. The summed E-state index contributed by atoms with van der Waals surface area (Å²) in [5, 5.41) is 11.7. The van der Waals surface area contributed by atoms with Crippen molar-refractivity contribution in [3.63, 3.8) is 0 Å². The highest BCUT2D eigenvalue weighted by molar-refractivity contribution is 5.87. The fourth-order valence-electron chi connectivity index (χ4n) is 4.08. The molecule has 1 aliphatic carbocycles. The summed E-state index contributed by atoms with van der Waals surface area (Å²) in [6.45, 7) is 0.918. The maximum atomic E-state index is 12.3. The summed E-state index contributed by atoms with van der Waals surface area (Å²) < 4.78 is 10.5. The topological polar surface area (TPSA) is 105 Å². The van der Waals surface area contributed by atoms with E-state index in [1.165, 1.54) is 4.90 Å². The van der Waals surface area contributed by atoms with Crippen molar-refractivity contribution in [2.45, 2.75) is 24.5 Å². The van der Waals surface area contributed by atoms with Gasteiger partial charge in [-0.05, 0) is 22.3 Å². The zero-order valence-corrected chi connectivity index (χ0v) is 17.1. The van der Waals surface area contributed by atoms with Crippen molar-refractivity contribution in [3.8, 4) is 11.1 Å². The number of ether oxygens (including phenoxy) is 2. The number of rotatable bonds is 7. The monoisotopic (exact) mass is 424 g/mol. The molecule has 2 amide bonds. The number of aliphatic carboxylic acids is 1. The van der Waals surface area contributed by atoms with E-state index < -0.39 is 18.1 Å². The molecule has 8 heteroatoms. The third-order valence-corrected chi connectivity index (χ3v) is 5.85. The Morgan fingerprint density at radius 1 is 1.06 bits per heavy atom. The van der Waals surface area contributed by atoms with Gasteiger partial charge in [0.1, 0.15) is 12.6 Å². The standard InChI is InChI=1S/C23H24N2O6/c1-30-14-11-25(12-14)21(26)10-20(22(27)28)24-23(29)31-13-19-17-8-4-2-6-15(17)16-7-3-5-9-18(16)19/h2-9,14,19-20H,10-13H2,1H3,(H,24,29)(H,27,28)/t20-/m0/s1. The van der Waals surface area contributed by atoms with Gasteiger partial charge in [0.05, 0.1) is 12.5 Å². The Morgan fingerprint density at radius 3 is 2.19 bits per heavy atom. The molecular formula is C23H24N2O6. The Bertz CT molecular complexity index is 956. The first-order valence-corrected chi connectivity index (χ1v) is 10.1. The molecule has 2 aromatic rings. The van der Waals surface area contributed by atoms with Crippen molar-refractivity contribution in [2.75, 3.05) is 26.8 Å². The summed E-state index contributed by atoms with van der Waals surface area (Å²) in [7, 11) is 1.56. The van der Waals surface area contributed by atoms with Crippen molar-refractivity contribution >= 4 is 18.0 Å². The molecule has 2 aromatic carbocycles. The number of hydrogen-bond donors (Lipinski definition) is 2. The van der Waals surface area contributed by atoms with E-state index in [1.54, 1.807) is 7.11 Å². The SMILES string of the molecule is COC1CN(C(=O)C[C@H](NC(=O)OCC2c3ccccc3-c3ccccc32)C(=O)O)C1. The lowest BCUT2D eigenvalue weighted by atomic mass is 9.98. The van der Waals surface area contributed by atoms with Crippen molar-refractivity contribution in [1.82, 2.24) is 10.2 Å². The van der Waals surface area contributed by atoms with Crippen LogP contribution in [-0.2, 0) is 19.1 Å². The fraction of sp³-hybridized carbons (Fsp3) is 0.348. The molecule has 4 rings (SSSR count). The normalized spacial score (nSPS) is 16.1. The molecule has 0 aromatic heterocycles. The number of hydrogen-bond acceptors (Lipinski definition) is 5. The maximum Gasteiger partial charge on any atom is 0.407 e. The van der Waals surface area contributed by atoms with Gasteiger partial charge in [0.25, 0.3) is 0 Å². The van der Waals surface area contributed by atoms with Gasteiger partial charge < -0.3 is 24.8 Å². The van der Waals surface area contributed by atoms with E-state index in [0.717, 1.165) is 22.3 Å². The molecule has 2 N–H and O–H groups in total. The zero-order valence-electron chi connectivity index (χ0n) is 17.1. The van der Waals surface area contributed by atoms with Gasteiger partial charge in [-0.1, -0.05) is 48.5 Å². The molecular weight excluding hydrogens is 400 g/mol. The Kier molecular flexibility index (Phi) is 5.90. The number of carboxylic acids is 1. The van der Waals surface area contributed by atoms with Gasteiger partial charge in [0.2, 0.25) is 5.91 Å². The van der Waals surface area contributed by atoms with Crippen LogP contribution in [0.1, 0.15) is 23.5 Å². The number of carbonyl (C=O) groups is 3. The Hall–Kier alpha value is -3.39. The van der Waals surface area contributed by atoms with E-state index in [9.17, 15) is 19.5 Å². The van der Waals surface area contributed by atoms with Gasteiger partial charge >= 0.3 is 12.1 Å². The molecule has 1 atom stereocenters. The number of carbonyl (C=O) groups excluding carboxylic acids is 2. The van der Waals surface area contributed by atoms with Gasteiger partial charge in [-0.15, -0.1) is 0 Å². The summed E-state index contributed by atoms with van der Waals surface area (Å²) in [6, 6.07) is 14.5. The molecule has 1 heterocycles. The number of nitrogens with one attached hydrogen (secondary N) is 1. The van der Waals surface area contributed by atoms with Crippen LogP contribution in [0.5, 0.6) is 0 Å². The highest BCUT2D eigenvalue weighted by Crippen LogP contribution is 2.44. The predicted molar refractivity (Wildman–Crippen MR) is 112 cm³/mol. The van der Waals surface area contributed by atoms with Gasteiger partial charge in [-0.3, -0.25) is 4.79 Å². The Morgan fingerprint density at radius 2 is 1.65 bits per heavy atom. The van der Waals surface area contributed by atoms with Crippen molar-refractivity contribution in [3.05, 3.63) is 59.7 Å². The number of alkyl carbamates (subject to hydrolysis) is 1. The number of benzene rings is 2. The molecule has 162 valence electrons. The van der Waals surface area contributed by atoms with E-state index in [1.807, 2.05) is 48.5 Å². The van der Waals surface area contributed by atoms with Crippen molar-refractivity contribution in [1.29, 1.82) is 0 Å². The van der Waals surface area contributed by atoms with E-state index in [-0.39, 0.29) is 31.0 Å². The van der Waals surface area contributed by atoms with Crippen LogP contribution in [0.2, 0.25) is 0 Å². The van der Waals surface area contributed by atoms with Crippen LogP contribution in [0.3, 0.4) is 0 Å². The van der Waals surface area contributed by atoms with E-state index in [0.29, 0.717) is 13.1 Å². The number of methoxy groups -OCH3 is 1. The van der Waals surface area contributed by atoms with Crippen LogP contribution in [0.4, 0.5) is 4.79 Å². The number of nitrogens with zero attached hydrogens (tertiary/aromatic N) is 1. The third-order valence-electron chi connectivity index (χ3n) is 5.85. The molecule has 31 heavy (non-hydrogen) atoms. The van der Waals surface area contributed by atoms with Gasteiger partial charge in [0.15, 0.2) is 0 Å². The van der Waals surface area contributed by atoms with Crippen molar-refractivity contribution in [2.24, 2.45) is 0 Å². The predicted octanol–water partition coefficient (Wildman–Crippen LogP) is 2.23. The average molecular weight is 424 g/mol.